The van der Waals surface area contributed by atoms with E-state index < -0.39 is 18.0 Å². The number of ether oxygens (including phenoxy) is 1. The van der Waals surface area contributed by atoms with E-state index in [0.717, 1.165) is 0 Å². The van der Waals surface area contributed by atoms with E-state index in [9.17, 15) is 9.90 Å². The van der Waals surface area contributed by atoms with Gasteiger partial charge in [-0.05, 0) is 20.8 Å². The van der Waals surface area contributed by atoms with Gasteiger partial charge >= 0.3 is 5.97 Å². The summed E-state index contributed by atoms with van der Waals surface area (Å²) >= 11 is 0. The Bertz CT molecular complexity index is 360. The zero-order valence-corrected chi connectivity index (χ0v) is 10.0. The number of hydrogen-bond donors (Lipinski definition) is 1. The first-order chi connectivity index (χ1) is 7.49. The lowest BCUT2D eigenvalue weighted by atomic mass is 10.0. The number of rotatable bonds is 4. The molecule has 0 aromatic carbocycles. The first kappa shape index (κ1) is 12.7. The molecule has 1 aromatic rings. The first-order valence-electron chi connectivity index (χ1n) is 5.26. The third kappa shape index (κ3) is 2.41. The van der Waals surface area contributed by atoms with E-state index in [1.54, 1.807) is 19.4 Å². The molecule has 0 amide bonds. The zero-order chi connectivity index (χ0) is 12.3. The SMILES string of the molecule is COC(=O)C(C)C(O)c1cncn1C(C)C. The summed E-state index contributed by atoms with van der Waals surface area (Å²) in [6.07, 6.45) is 2.33. The van der Waals surface area contributed by atoms with Crippen molar-refractivity contribution in [2.75, 3.05) is 7.11 Å². The van der Waals surface area contributed by atoms with Gasteiger partial charge in [-0.25, -0.2) is 4.98 Å². The van der Waals surface area contributed by atoms with Crippen LogP contribution in [0.1, 0.15) is 38.6 Å². The largest absolute Gasteiger partial charge is 0.469 e. The summed E-state index contributed by atoms with van der Waals surface area (Å²) < 4.78 is 6.44. The van der Waals surface area contributed by atoms with Gasteiger partial charge in [0.25, 0.3) is 0 Å². The highest BCUT2D eigenvalue weighted by atomic mass is 16.5. The molecule has 0 aliphatic heterocycles. The van der Waals surface area contributed by atoms with Crippen LogP contribution in [-0.2, 0) is 9.53 Å². The minimum atomic E-state index is -0.891. The fourth-order valence-electron chi connectivity index (χ4n) is 1.55. The Morgan fingerprint density at radius 2 is 2.12 bits per heavy atom. The van der Waals surface area contributed by atoms with Crippen LogP contribution in [0.2, 0.25) is 0 Å². The molecule has 1 aromatic heterocycles. The Morgan fingerprint density at radius 1 is 1.50 bits per heavy atom. The topological polar surface area (TPSA) is 64.3 Å². The molecule has 0 radical (unpaired) electrons. The maximum Gasteiger partial charge on any atom is 0.311 e. The van der Waals surface area contributed by atoms with Gasteiger partial charge in [0, 0.05) is 6.04 Å². The van der Waals surface area contributed by atoms with E-state index in [4.69, 9.17) is 0 Å². The van der Waals surface area contributed by atoms with Gasteiger partial charge in [-0.2, -0.15) is 0 Å². The van der Waals surface area contributed by atoms with Crippen LogP contribution in [0.4, 0.5) is 0 Å². The van der Waals surface area contributed by atoms with Crippen LogP contribution in [0.25, 0.3) is 0 Å². The Morgan fingerprint density at radius 3 is 2.62 bits per heavy atom. The summed E-state index contributed by atoms with van der Waals surface area (Å²) in [6, 6.07) is 0.192. The maximum absolute atomic E-state index is 11.3. The quantitative estimate of drug-likeness (QED) is 0.786. The fraction of sp³-hybridized carbons (Fsp3) is 0.636. The summed E-state index contributed by atoms with van der Waals surface area (Å²) in [5.41, 5.74) is 0.632. The molecule has 0 saturated carbocycles. The molecule has 1 N–H and O–H groups in total. The molecule has 90 valence electrons. The molecular weight excluding hydrogens is 208 g/mol. The monoisotopic (exact) mass is 226 g/mol. The van der Waals surface area contributed by atoms with Crippen LogP contribution in [0.3, 0.4) is 0 Å². The third-order valence-electron chi connectivity index (χ3n) is 2.60. The number of imidazole rings is 1. The molecule has 0 aliphatic carbocycles. The Labute approximate surface area is 95.1 Å². The highest BCUT2D eigenvalue weighted by Gasteiger charge is 2.27. The lowest BCUT2D eigenvalue weighted by Gasteiger charge is -2.20. The highest BCUT2D eigenvalue weighted by molar-refractivity contribution is 5.72. The van der Waals surface area contributed by atoms with Crippen molar-refractivity contribution in [2.45, 2.75) is 32.9 Å². The number of hydrogen-bond acceptors (Lipinski definition) is 4. The van der Waals surface area contributed by atoms with E-state index in [1.165, 1.54) is 7.11 Å². The molecule has 0 bridgehead atoms. The van der Waals surface area contributed by atoms with Crippen molar-refractivity contribution < 1.29 is 14.6 Å². The van der Waals surface area contributed by atoms with Crippen molar-refractivity contribution in [2.24, 2.45) is 5.92 Å². The second kappa shape index (κ2) is 5.12. The van der Waals surface area contributed by atoms with Crippen LogP contribution in [0.5, 0.6) is 0 Å². The van der Waals surface area contributed by atoms with Gasteiger partial charge in [0.05, 0.1) is 31.2 Å². The lowest BCUT2D eigenvalue weighted by molar-refractivity contribution is -0.148. The maximum atomic E-state index is 11.3. The molecule has 0 saturated heterocycles. The van der Waals surface area contributed by atoms with Gasteiger partial charge in [0.1, 0.15) is 6.10 Å². The van der Waals surface area contributed by atoms with Crippen LogP contribution >= 0.6 is 0 Å². The van der Waals surface area contributed by atoms with Crippen LogP contribution in [0, 0.1) is 5.92 Å². The van der Waals surface area contributed by atoms with Gasteiger partial charge in [-0.15, -0.1) is 0 Å². The van der Waals surface area contributed by atoms with Gasteiger partial charge in [0.15, 0.2) is 0 Å². The number of nitrogens with zero attached hydrogens (tertiary/aromatic N) is 2. The lowest BCUT2D eigenvalue weighted by Crippen LogP contribution is -2.23. The summed E-state index contributed by atoms with van der Waals surface area (Å²) in [5, 5.41) is 10.0. The van der Waals surface area contributed by atoms with Crippen LogP contribution in [0.15, 0.2) is 12.5 Å². The van der Waals surface area contributed by atoms with Crippen molar-refractivity contribution in [1.29, 1.82) is 0 Å². The summed E-state index contributed by atoms with van der Waals surface area (Å²) in [5.74, 6) is -1.02. The summed E-state index contributed by atoms with van der Waals surface area (Å²) in [6.45, 7) is 5.61. The zero-order valence-electron chi connectivity index (χ0n) is 10.0. The molecule has 5 nitrogen and oxygen atoms in total. The molecule has 0 fully saturated rings. The second-order valence-corrected chi connectivity index (χ2v) is 4.08. The molecule has 16 heavy (non-hydrogen) atoms. The van der Waals surface area contributed by atoms with Gasteiger partial charge < -0.3 is 14.4 Å². The normalized spacial score (nSPS) is 14.9. The van der Waals surface area contributed by atoms with E-state index in [0.29, 0.717) is 5.69 Å². The van der Waals surface area contributed by atoms with Crippen molar-refractivity contribution in [3.63, 3.8) is 0 Å². The van der Waals surface area contributed by atoms with Crippen molar-refractivity contribution in [3.8, 4) is 0 Å². The van der Waals surface area contributed by atoms with E-state index in [2.05, 4.69) is 9.72 Å². The number of aliphatic hydroxyl groups is 1. The minimum Gasteiger partial charge on any atom is -0.469 e. The van der Waals surface area contributed by atoms with E-state index in [1.807, 2.05) is 18.4 Å². The average Bonchev–Trinajstić information content (AvgIpc) is 2.74. The van der Waals surface area contributed by atoms with Gasteiger partial charge in [-0.1, -0.05) is 0 Å². The molecule has 0 spiro atoms. The predicted molar refractivity (Wildman–Crippen MR) is 58.8 cm³/mol. The number of esters is 1. The Balaban J connectivity index is 2.91. The third-order valence-corrected chi connectivity index (χ3v) is 2.60. The standard InChI is InChI=1S/C11H18N2O3/c1-7(2)13-6-12-5-9(13)10(14)8(3)11(15)16-4/h5-8,10,14H,1-4H3. The fourth-order valence-corrected chi connectivity index (χ4v) is 1.55. The number of carbonyl (C=O) groups excluding carboxylic acids is 1. The summed E-state index contributed by atoms with van der Waals surface area (Å²) in [4.78, 5) is 15.3. The van der Waals surface area contributed by atoms with E-state index >= 15 is 0 Å². The molecule has 5 heteroatoms. The smallest absolute Gasteiger partial charge is 0.311 e. The van der Waals surface area contributed by atoms with Gasteiger partial charge in [-0.3, -0.25) is 4.79 Å². The molecule has 1 rings (SSSR count). The minimum absolute atomic E-state index is 0.192. The van der Waals surface area contributed by atoms with Crippen molar-refractivity contribution in [1.82, 2.24) is 9.55 Å². The van der Waals surface area contributed by atoms with Crippen molar-refractivity contribution in [3.05, 3.63) is 18.2 Å². The molecular formula is C11H18N2O3. The second-order valence-electron chi connectivity index (χ2n) is 4.08. The van der Waals surface area contributed by atoms with Crippen LogP contribution < -0.4 is 0 Å². The number of aliphatic hydroxyl groups excluding tert-OH is 1. The molecule has 1 heterocycles. The van der Waals surface area contributed by atoms with Gasteiger partial charge in [0.2, 0.25) is 0 Å². The average molecular weight is 226 g/mol. The number of methoxy groups -OCH3 is 1. The highest BCUT2D eigenvalue weighted by Crippen LogP contribution is 2.24. The number of aromatic nitrogens is 2. The Kier molecular flexibility index (Phi) is 4.06. The van der Waals surface area contributed by atoms with Crippen molar-refractivity contribution >= 4 is 5.97 Å². The molecule has 2 unspecified atom stereocenters. The predicted octanol–water partition coefficient (Wildman–Crippen LogP) is 1.31. The van der Waals surface area contributed by atoms with Crippen LogP contribution in [-0.4, -0.2) is 27.7 Å². The molecule has 0 aliphatic rings. The number of carbonyl (C=O) groups is 1. The Hall–Kier alpha value is -1.36. The van der Waals surface area contributed by atoms with E-state index in [-0.39, 0.29) is 6.04 Å². The first-order valence-corrected chi connectivity index (χ1v) is 5.26. The summed E-state index contributed by atoms with van der Waals surface area (Å²) in [7, 11) is 1.31. The molecule has 2 atom stereocenters.